The highest BCUT2D eigenvalue weighted by atomic mass is 32.2. The second-order valence-electron chi connectivity index (χ2n) is 7.45. The van der Waals surface area contributed by atoms with Crippen molar-refractivity contribution >= 4 is 27.5 Å². The number of nitrogens with zero attached hydrogens (tertiary/aromatic N) is 3. The van der Waals surface area contributed by atoms with E-state index in [2.05, 4.69) is 5.10 Å². The lowest BCUT2D eigenvalue weighted by Gasteiger charge is -2.18. The molecule has 1 aromatic carbocycles. The topological polar surface area (TPSA) is 72.3 Å². The number of rotatable bonds is 6. The molecule has 1 fully saturated rings. The van der Waals surface area contributed by atoms with Gasteiger partial charge in [-0.3, -0.25) is 9.48 Å². The van der Waals surface area contributed by atoms with Gasteiger partial charge in [-0.05, 0) is 44.2 Å². The van der Waals surface area contributed by atoms with Crippen LogP contribution in [0.25, 0.3) is 0 Å². The molecule has 1 aromatic heterocycles. The lowest BCUT2D eigenvalue weighted by molar-refractivity contribution is 0.0784. The van der Waals surface area contributed by atoms with E-state index in [1.165, 1.54) is 0 Å². The summed E-state index contributed by atoms with van der Waals surface area (Å²) in [7, 11) is -1.18. The van der Waals surface area contributed by atoms with Crippen LogP contribution < -0.4 is 0 Å². The van der Waals surface area contributed by atoms with Crippen LogP contribution in [0.1, 0.15) is 45.3 Å². The normalized spacial score (nSPS) is 18.4. The highest BCUT2D eigenvalue weighted by Crippen LogP contribution is 2.27. The number of hydrogen-bond acceptors (Lipinski definition) is 5. The highest BCUT2D eigenvalue weighted by molar-refractivity contribution is 7.97. The van der Waals surface area contributed by atoms with Gasteiger partial charge in [-0.2, -0.15) is 16.9 Å². The predicted octanol–water partition coefficient (Wildman–Crippen LogP) is 2.99. The van der Waals surface area contributed by atoms with Crippen LogP contribution >= 0.6 is 11.8 Å². The molecule has 3 rings (SSSR count). The summed E-state index contributed by atoms with van der Waals surface area (Å²) in [5.41, 5.74) is 4.58. The maximum absolute atomic E-state index is 12.9. The van der Waals surface area contributed by atoms with Gasteiger partial charge >= 0.3 is 0 Å². The zero-order valence-corrected chi connectivity index (χ0v) is 18.4. The van der Waals surface area contributed by atoms with Crippen LogP contribution in [-0.2, 0) is 22.1 Å². The summed E-state index contributed by atoms with van der Waals surface area (Å²) in [4.78, 5) is 14.6. The fourth-order valence-electron chi connectivity index (χ4n) is 3.74. The monoisotopic (exact) mass is 421 g/mol. The van der Waals surface area contributed by atoms with E-state index >= 15 is 0 Å². The summed E-state index contributed by atoms with van der Waals surface area (Å²) in [6.45, 7) is 4.32. The van der Waals surface area contributed by atoms with Gasteiger partial charge in [-0.1, -0.05) is 12.1 Å². The molecule has 0 spiro atoms. The number of sulfone groups is 1. The van der Waals surface area contributed by atoms with Gasteiger partial charge in [0.25, 0.3) is 5.91 Å². The largest absolute Gasteiger partial charge is 0.337 e. The van der Waals surface area contributed by atoms with Gasteiger partial charge in [-0.25, -0.2) is 8.42 Å². The van der Waals surface area contributed by atoms with Crippen molar-refractivity contribution in [3.8, 4) is 0 Å². The smallest absolute Gasteiger partial charge is 0.253 e. The molecule has 2 aromatic rings. The standard InChI is InChI=1S/C20H27N3O3S2/c1-14-19(15(2)23(21-14)18-8-9-28(25,26)13-18)11-22(3)20(24)17-7-5-6-16(10-17)12-27-4/h5-7,10,18H,8-9,11-13H2,1-4H3/t18-/m1/s1. The Balaban J connectivity index is 1.78. The molecule has 6 nitrogen and oxygen atoms in total. The summed E-state index contributed by atoms with van der Waals surface area (Å²) in [5.74, 6) is 1.21. The van der Waals surface area contributed by atoms with E-state index in [4.69, 9.17) is 0 Å². The van der Waals surface area contributed by atoms with Crippen molar-refractivity contribution in [3.63, 3.8) is 0 Å². The molecular weight excluding hydrogens is 394 g/mol. The van der Waals surface area contributed by atoms with Gasteiger partial charge in [0, 0.05) is 36.2 Å². The van der Waals surface area contributed by atoms with E-state index in [-0.39, 0.29) is 23.5 Å². The zero-order valence-electron chi connectivity index (χ0n) is 16.8. The summed E-state index contributed by atoms with van der Waals surface area (Å²) >= 11 is 1.73. The van der Waals surface area contributed by atoms with Crippen LogP contribution in [0.15, 0.2) is 24.3 Å². The summed E-state index contributed by atoms with van der Waals surface area (Å²) < 4.78 is 25.5. The lowest BCUT2D eigenvalue weighted by atomic mass is 10.1. The minimum atomic E-state index is -2.97. The SMILES string of the molecule is CSCc1cccc(C(=O)N(C)Cc2c(C)nn([C@@H]3CCS(=O)(=O)C3)c2C)c1. The van der Waals surface area contributed by atoms with Crippen molar-refractivity contribution in [2.45, 2.75) is 38.6 Å². The number of benzene rings is 1. The number of amides is 1. The minimum absolute atomic E-state index is 0.0297. The number of carbonyl (C=O) groups is 1. The molecule has 28 heavy (non-hydrogen) atoms. The predicted molar refractivity (Wildman–Crippen MR) is 113 cm³/mol. The first kappa shape index (κ1) is 20.9. The van der Waals surface area contributed by atoms with Gasteiger partial charge in [0.1, 0.15) is 0 Å². The zero-order chi connectivity index (χ0) is 20.5. The molecular formula is C20H27N3O3S2. The second-order valence-corrected chi connectivity index (χ2v) is 10.5. The van der Waals surface area contributed by atoms with Crippen LogP contribution in [0, 0.1) is 13.8 Å². The van der Waals surface area contributed by atoms with Crippen molar-refractivity contribution in [1.82, 2.24) is 14.7 Å². The number of aryl methyl sites for hydroxylation is 1. The quantitative estimate of drug-likeness (QED) is 0.717. The van der Waals surface area contributed by atoms with Crippen LogP contribution in [0.4, 0.5) is 0 Å². The molecule has 0 bridgehead atoms. The highest BCUT2D eigenvalue weighted by Gasteiger charge is 2.31. The average Bonchev–Trinajstić information content (AvgIpc) is 3.15. The Bertz CT molecular complexity index is 983. The molecule has 1 aliphatic heterocycles. The van der Waals surface area contributed by atoms with Gasteiger partial charge < -0.3 is 4.90 Å². The van der Waals surface area contributed by atoms with E-state index in [1.54, 1.807) is 23.7 Å². The third-order valence-corrected chi connectivity index (χ3v) is 7.63. The first-order chi connectivity index (χ1) is 13.2. The Morgan fingerprint density at radius 1 is 1.36 bits per heavy atom. The van der Waals surface area contributed by atoms with E-state index in [0.717, 1.165) is 28.3 Å². The molecule has 0 N–H and O–H groups in total. The van der Waals surface area contributed by atoms with Gasteiger partial charge in [0.15, 0.2) is 9.84 Å². The number of thioether (sulfide) groups is 1. The Hall–Kier alpha value is -1.80. The van der Waals surface area contributed by atoms with E-state index in [9.17, 15) is 13.2 Å². The molecule has 1 saturated heterocycles. The molecule has 8 heteroatoms. The molecule has 1 atom stereocenters. The molecule has 2 heterocycles. The van der Waals surface area contributed by atoms with Crippen molar-refractivity contribution < 1.29 is 13.2 Å². The maximum atomic E-state index is 12.9. The van der Waals surface area contributed by atoms with Crippen molar-refractivity contribution in [1.29, 1.82) is 0 Å². The van der Waals surface area contributed by atoms with Crippen molar-refractivity contribution in [2.75, 3.05) is 24.8 Å². The maximum Gasteiger partial charge on any atom is 0.253 e. The van der Waals surface area contributed by atoms with E-state index in [0.29, 0.717) is 18.5 Å². The van der Waals surface area contributed by atoms with Crippen LogP contribution in [-0.4, -0.2) is 53.8 Å². The molecule has 0 saturated carbocycles. The molecule has 1 amide bonds. The van der Waals surface area contributed by atoms with E-state index < -0.39 is 9.84 Å². The van der Waals surface area contributed by atoms with E-state index in [1.807, 2.05) is 49.1 Å². The average molecular weight is 422 g/mol. The second kappa shape index (κ2) is 8.29. The Labute approximate surface area is 171 Å². The third kappa shape index (κ3) is 4.43. The van der Waals surface area contributed by atoms with Crippen molar-refractivity contribution in [2.24, 2.45) is 0 Å². The first-order valence-corrected chi connectivity index (χ1v) is 12.5. The minimum Gasteiger partial charge on any atom is -0.337 e. The van der Waals surface area contributed by atoms with Gasteiger partial charge in [-0.15, -0.1) is 0 Å². The summed E-state index contributed by atoms with van der Waals surface area (Å²) in [6.07, 6.45) is 2.64. The van der Waals surface area contributed by atoms with Crippen LogP contribution in [0.5, 0.6) is 0 Å². The van der Waals surface area contributed by atoms with Crippen molar-refractivity contribution in [3.05, 3.63) is 52.3 Å². The summed E-state index contributed by atoms with van der Waals surface area (Å²) in [6, 6.07) is 7.63. The fraction of sp³-hybridized carbons (Fsp3) is 0.500. The van der Waals surface area contributed by atoms with Crippen LogP contribution in [0.2, 0.25) is 0 Å². The summed E-state index contributed by atoms with van der Waals surface area (Å²) in [5, 5.41) is 4.59. The molecule has 0 aliphatic carbocycles. The Morgan fingerprint density at radius 2 is 2.11 bits per heavy atom. The lowest BCUT2D eigenvalue weighted by Crippen LogP contribution is -2.27. The fourth-order valence-corrected chi connectivity index (χ4v) is 5.94. The molecule has 0 radical (unpaired) electrons. The third-order valence-electron chi connectivity index (χ3n) is 5.26. The number of aromatic nitrogens is 2. The van der Waals surface area contributed by atoms with Gasteiger partial charge in [0.2, 0.25) is 0 Å². The Morgan fingerprint density at radius 3 is 2.75 bits per heavy atom. The molecule has 1 aliphatic rings. The van der Waals surface area contributed by atoms with Gasteiger partial charge in [0.05, 0.1) is 23.2 Å². The molecule has 0 unspecified atom stereocenters. The molecule has 152 valence electrons. The first-order valence-electron chi connectivity index (χ1n) is 9.30. The Kier molecular flexibility index (Phi) is 6.19. The van der Waals surface area contributed by atoms with Crippen LogP contribution in [0.3, 0.4) is 0 Å². The number of carbonyl (C=O) groups excluding carboxylic acids is 1. The number of hydrogen-bond donors (Lipinski definition) is 0.